The fourth-order valence-electron chi connectivity index (χ4n) is 1.10. The highest BCUT2D eigenvalue weighted by Crippen LogP contribution is 2.14. The Morgan fingerprint density at radius 1 is 1.64 bits per heavy atom. The van der Waals surface area contributed by atoms with Crippen LogP contribution in [0.3, 0.4) is 0 Å². The van der Waals surface area contributed by atoms with Gasteiger partial charge in [-0.25, -0.2) is 9.97 Å². The first kappa shape index (κ1) is 9.14. The summed E-state index contributed by atoms with van der Waals surface area (Å²) < 4.78 is 0.845. The molecule has 0 spiro atoms. The number of H-pyrrole nitrogens is 1. The van der Waals surface area contributed by atoms with Crippen molar-refractivity contribution in [3.05, 3.63) is 22.6 Å². The van der Waals surface area contributed by atoms with Gasteiger partial charge in [0, 0.05) is 17.7 Å². The van der Waals surface area contributed by atoms with Gasteiger partial charge in [0.2, 0.25) is 0 Å². The first-order valence-electron chi connectivity index (χ1n) is 3.94. The van der Waals surface area contributed by atoms with E-state index in [1.54, 1.807) is 13.2 Å². The van der Waals surface area contributed by atoms with Gasteiger partial charge in [0.15, 0.2) is 11.5 Å². The predicted molar refractivity (Wildman–Crippen MR) is 55.0 cm³/mol. The number of fused-ring (bicyclic) bond motifs is 1. The summed E-state index contributed by atoms with van der Waals surface area (Å²) in [6, 6.07) is 1.82. The van der Waals surface area contributed by atoms with Gasteiger partial charge >= 0.3 is 0 Å². The standard InChI is InChI=1S/C8H7BrN4O/c1-10-8(14)7-12-5-2-4(9)3-11-6(5)13-7/h2-3H,1H3,(H,10,14)(H,11,12,13). The molecule has 14 heavy (non-hydrogen) atoms. The minimum atomic E-state index is -0.251. The molecule has 0 bridgehead atoms. The number of nitrogens with one attached hydrogen (secondary N) is 2. The van der Waals surface area contributed by atoms with E-state index in [0.717, 1.165) is 9.99 Å². The Balaban J connectivity index is 2.56. The molecule has 0 atom stereocenters. The molecule has 0 saturated heterocycles. The highest BCUT2D eigenvalue weighted by Gasteiger charge is 2.09. The van der Waals surface area contributed by atoms with E-state index in [1.807, 2.05) is 6.07 Å². The van der Waals surface area contributed by atoms with Crippen molar-refractivity contribution in [3.63, 3.8) is 0 Å². The van der Waals surface area contributed by atoms with E-state index in [-0.39, 0.29) is 11.7 Å². The van der Waals surface area contributed by atoms with Crippen molar-refractivity contribution < 1.29 is 4.79 Å². The topological polar surface area (TPSA) is 70.7 Å². The van der Waals surface area contributed by atoms with E-state index in [0.29, 0.717) is 5.65 Å². The van der Waals surface area contributed by atoms with E-state index in [9.17, 15) is 4.79 Å². The van der Waals surface area contributed by atoms with Crippen LogP contribution in [0.25, 0.3) is 11.2 Å². The minimum absolute atomic E-state index is 0.251. The van der Waals surface area contributed by atoms with Crippen molar-refractivity contribution in [2.45, 2.75) is 0 Å². The highest BCUT2D eigenvalue weighted by molar-refractivity contribution is 9.10. The van der Waals surface area contributed by atoms with Gasteiger partial charge in [-0.2, -0.15) is 0 Å². The van der Waals surface area contributed by atoms with Crippen LogP contribution in [-0.4, -0.2) is 27.9 Å². The lowest BCUT2D eigenvalue weighted by molar-refractivity contribution is 0.0954. The van der Waals surface area contributed by atoms with Crippen LogP contribution in [0, 0.1) is 0 Å². The maximum atomic E-state index is 11.2. The lowest BCUT2D eigenvalue weighted by Crippen LogP contribution is -2.19. The number of rotatable bonds is 1. The Morgan fingerprint density at radius 2 is 2.43 bits per heavy atom. The van der Waals surface area contributed by atoms with E-state index >= 15 is 0 Å². The molecule has 72 valence electrons. The second kappa shape index (κ2) is 3.38. The normalized spacial score (nSPS) is 10.4. The molecule has 0 fully saturated rings. The molecule has 0 aromatic carbocycles. The SMILES string of the molecule is CNC(=O)c1nc2ncc(Br)cc2[nH]1. The van der Waals surface area contributed by atoms with Crippen LogP contribution < -0.4 is 5.32 Å². The third kappa shape index (κ3) is 1.48. The molecule has 0 radical (unpaired) electrons. The maximum Gasteiger partial charge on any atom is 0.286 e. The number of hydrogen-bond donors (Lipinski definition) is 2. The van der Waals surface area contributed by atoms with Gasteiger partial charge < -0.3 is 10.3 Å². The quantitative estimate of drug-likeness (QED) is 0.800. The van der Waals surface area contributed by atoms with E-state index in [4.69, 9.17) is 0 Å². The summed E-state index contributed by atoms with van der Waals surface area (Å²) in [6.07, 6.45) is 1.64. The summed E-state index contributed by atoms with van der Waals surface area (Å²) in [5.41, 5.74) is 1.27. The number of carbonyl (C=O) groups excluding carboxylic acids is 1. The lowest BCUT2D eigenvalue weighted by atomic mass is 10.4. The molecule has 5 nitrogen and oxygen atoms in total. The summed E-state index contributed by atoms with van der Waals surface area (Å²) >= 11 is 3.28. The van der Waals surface area contributed by atoms with Gasteiger partial charge in [0.05, 0.1) is 5.52 Å². The van der Waals surface area contributed by atoms with Crippen LogP contribution in [0.5, 0.6) is 0 Å². The smallest absolute Gasteiger partial charge is 0.286 e. The van der Waals surface area contributed by atoms with Gasteiger partial charge in [0.1, 0.15) is 0 Å². The fraction of sp³-hybridized carbons (Fsp3) is 0.125. The maximum absolute atomic E-state index is 11.2. The number of aromatic nitrogens is 3. The Labute approximate surface area is 88.1 Å². The number of aromatic amines is 1. The van der Waals surface area contributed by atoms with Crippen LogP contribution in [0.1, 0.15) is 10.6 Å². The minimum Gasteiger partial charge on any atom is -0.352 e. The average molecular weight is 255 g/mol. The molecule has 6 heteroatoms. The highest BCUT2D eigenvalue weighted by atomic mass is 79.9. The van der Waals surface area contributed by atoms with E-state index in [1.165, 1.54) is 0 Å². The number of pyridine rings is 1. The third-order valence-electron chi connectivity index (χ3n) is 1.75. The van der Waals surface area contributed by atoms with Crippen LogP contribution >= 0.6 is 15.9 Å². The number of imidazole rings is 1. The van der Waals surface area contributed by atoms with Crippen LogP contribution in [-0.2, 0) is 0 Å². The van der Waals surface area contributed by atoms with Crippen molar-refractivity contribution in [2.24, 2.45) is 0 Å². The third-order valence-corrected chi connectivity index (χ3v) is 2.18. The fourth-order valence-corrected chi connectivity index (χ4v) is 1.43. The molecule has 2 heterocycles. The Hall–Kier alpha value is -1.43. The Morgan fingerprint density at radius 3 is 3.14 bits per heavy atom. The molecule has 0 unspecified atom stereocenters. The summed E-state index contributed by atoms with van der Waals surface area (Å²) in [4.78, 5) is 22.2. The molecular weight excluding hydrogens is 248 g/mol. The zero-order valence-electron chi connectivity index (χ0n) is 7.34. The molecule has 0 saturated carbocycles. The van der Waals surface area contributed by atoms with E-state index in [2.05, 4.69) is 36.2 Å². The zero-order valence-corrected chi connectivity index (χ0v) is 8.92. The lowest BCUT2D eigenvalue weighted by Gasteiger charge is -1.90. The second-order valence-corrected chi connectivity index (χ2v) is 3.60. The first-order chi connectivity index (χ1) is 6.70. The average Bonchev–Trinajstić information content (AvgIpc) is 2.59. The van der Waals surface area contributed by atoms with Crippen LogP contribution in [0.4, 0.5) is 0 Å². The molecule has 1 amide bonds. The number of amides is 1. The molecule has 0 aliphatic rings. The van der Waals surface area contributed by atoms with Crippen LogP contribution in [0.2, 0.25) is 0 Å². The first-order valence-corrected chi connectivity index (χ1v) is 4.73. The van der Waals surface area contributed by atoms with E-state index < -0.39 is 0 Å². The van der Waals surface area contributed by atoms with Gasteiger partial charge in [-0.05, 0) is 22.0 Å². The Bertz CT molecular complexity index is 493. The molecule has 2 N–H and O–H groups in total. The summed E-state index contributed by atoms with van der Waals surface area (Å²) in [5, 5.41) is 2.48. The van der Waals surface area contributed by atoms with Gasteiger partial charge in [-0.1, -0.05) is 0 Å². The summed E-state index contributed by atoms with van der Waals surface area (Å²) in [6.45, 7) is 0. The van der Waals surface area contributed by atoms with Crippen LogP contribution in [0.15, 0.2) is 16.7 Å². The number of carbonyl (C=O) groups is 1. The van der Waals surface area contributed by atoms with Crippen molar-refractivity contribution in [1.29, 1.82) is 0 Å². The molecule has 0 aliphatic heterocycles. The summed E-state index contributed by atoms with van der Waals surface area (Å²) in [7, 11) is 1.55. The van der Waals surface area contributed by atoms with Crippen molar-refractivity contribution in [1.82, 2.24) is 20.3 Å². The number of halogens is 1. The molecular formula is C8H7BrN4O. The largest absolute Gasteiger partial charge is 0.352 e. The second-order valence-electron chi connectivity index (χ2n) is 2.69. The number of hydrogen-bond acceptors (Lipinski definition) is 3. The molecule has 2 aromatic heterocycles. The van der Waals surface area contributed by atoms with Crippen molar-refractivity contribution in [3.8, 4) is 0 Å². The molecule has 2 rings (SSSR count). The van der Waals surface area contributed by atoms with Gasteiger partial charge in [-0.3, -0.25) is 4.79 Å². The molecule has 2 aromatic rings. The van der Waals surface area contributed by atoms with Crippen molar-refractivity contribution >= 4 is 33.0 Å². The number of nitrogens with zero attached hydrogens (tertiary/aromatic N) is 2. The van der Waals surface area contributed by atoms with Crippen molar-refractivity contribution in [2.75, 3.05) is 7.05 Å². The monoisotopic (exact) mass is 254 g/mol. The predicted octanol–water partition coefficient (Wildman–Crippen LogP) is 1.08. The summed E-state index contributed by atoms with van der Waals surface area (Å²) in [5.74, 6) is 0.0206. The van der Waals surface area contributed by atoms with Gasteiger partial charge in [-0.15, -0.1) is 0 Å². The molecule has 0 aliphatic carbocycles. The Kier molecular flexibility index (Phi) is 2.20. The zero-order chi connectivity index (χ0) is 10.1. The van der Waals surface area contributed by atoms with Gasteiger partial charge in [0.25, 0.3) is 5.91 Å².